The van der Waals surface area contributed by atoms with Crippen molar-refractivity contribution in [2.24, 2.45) is 0 Å². The Hall–Kier alpha value is -1.82. The molecule has 0 saturated carbocycles. The minimum absolute atomic E-state index is 0.437. The molecule has 2 heteroatoms. The fourth-order valence-electron chi connectivity index (χ4n) is 1.32. The molecule has 0 saturated heterocycles. The largest absolute Gasteiger partial charge is 0.365 e. The lowest BCUT2D eigenvalue weighted by Gasteiger charge is -1.99. The van der Waals surface area contributed by atoms with E-state index in [0.717, 1.165) is 5.56 Å². The van der Waals surface area contributed by atoms with Gasteiger partial charge in [0.05, 0.1) is 13.2 Å². The van der Waals surface area contributed by atoms with Gasteiger partial charge in [0.2, 0.25) is 0 Å². The van der Waals surface area contributed by atoms with Gasteiger partial charge < -0.3 is 9.47 Å². The summed E-state index contributed by atoms with van der Waals surface area (Å²) in [5.41, 5.74) is 1.16. The van der Waals surface area contributed by atoms with E-state index in [2.05, 4.69) is 11.8 Å². The van der Waals surface area contributed by atoms with Crippen LogP contribution in [0.1, 0.15) is 12.5 Å². The monoisotopic (exact) mass is 256 g/mol. The number of hydrogen-bond donors (Lipinski definition) is 0. The average molecular weight is 256 g/mol. The van der Waals surface area contributed by atoms with Gasteiger partial charge in [-0.2, -0.15) is 0 Å². The molecule has 0 N–H and O–H groups in total. The van der Waals surface area contributed by atoms with Crippen LogP contribution in [0.5, 0.6) is 0 Å². The van der Waals surface area contributed by atoms with Gasteiger partial charge in [0, 0.05) is 0 Å². The molecule has 2 nitrogen and oxygen atoms in total. The molecule has 0 bridgehead atoms. The highest BCUT2D eigenvalue weighted by atomic mass is 16.5. The third-order valence-corrected chi connectivity index (χ3v) is 2.24. The number of benzene rings is 1. The summed E-state index contributed by atoms with van der Waals surface area (Å²) in [6.07, 6.45) is 7.84. The van der Waals surface area contributed by atoms with Crippen molar-refractivity contribution in [3.8, 4) is 11.8 Å². The molecular formula is C17H20O2. The molecule has 0 aliphatic rings. The standard InChI is InChI=1S/C17H20O2/c1-2-3-4-8-13-18-14-9-10-15-19-16-17-11-6-5-7-12-17/h2-8,11-12H,13-16H2,1H3/b3-2+,8-4+. The Morgan fingerprint density at radius 1 is 1.00 bits per heavy atom. The Bertz CT molecular complexity index is 435. The molecule has 0 fully saturated rings. The fourth-order valence-corrected chi connectivity index (χ4v) is 1.32. The van der Waals surface area contributed by atoms with Crippen LogP contribution in [-0.4, -0.2) is 19.8 Å². The van der Waals surface area contributed by atoms with Gasteiger partial charge in [0.25, 0.3) is 0 Å². The summed E-state index contributed by atoms with van der Waals surface area (Å²) in [7, 11) is 0. The van der Waals surface area contributed by atoms with E-state index in [9.17, 15) is 0 Å². The maximum absolute atomic E-state index is 5.43. The third kappa shape index (κ3) is 8.84. The van der Waals surface area contributed by atoms with Crippen molar-refractivity contribution < 1.29 is 9.47 Å². The predicted octanol–water partition coefficient (Wildman–Crippen LogP) is 3.36. The molecule has 1 aromatic carbocycles. The minimum atomic E-state index is 0.437. The Kier molecular flexibility index (Phi) is 9.05. The second-order valence-corrected chi connectivity index (χ2v) is 3.80. The molecule has 0 heterocycles. The number of ether oxygens (including phenoxy) is 2. The van der Waals surface area contributed by atoms with Crippen LogP contribution >= 0.6 is 0 Å². The normalized spacial score (nSPS) is 10.8. The van der Waals surface area contributed by atoms with Crippen LogP contribution < -0.4 is 0 Å². The second kappa shape index (κ2) is 11.3. The van der Waals surface area contributed by atoms with Gasteiger partial charge in [-0.15, -0.1) is 0 Å². The van der Waals surface area contributed by atoms with Crippen molar-refractivity contribution in [3.05, 3.63) is 60.2 Å². The topological polar surface area (TPSA) is 18.5 Å². The van der Waals surface area contributed by atoms with Gasteiger partial charge in [-0.05, 0) is 12.5 Å². The van der Waals surface area contributed by atoms with Crippen LogP contribution in [0.15, 0.2) is 54.6 Å². The Balaban J connectivity index is 2.00. The lowest BCUT2D eigenvalue weighted by molar-refractivity contribution is 0.153. The van der Waals surface area contributed by atoms with E-state index in [1.165, 1.54) is 0 Å². The molecule has 19 heavy (non-hydrogen) atoms. The number of rotatable bonds is 7. The highest BCUT2D eigenvalue weighted by molar-refractivity contribution is 5.13. The third-order valence-electron chi connectivity index (χ3n) is 2.24. The molecular weight excluding hydrogens is 236 g/mol. The lowest BCUT2D eigenvalue weighted by Crippen LogP contribution is -1.94. The van der Waals surface area contributed by atoms with Gasteiger partial charge in [-0.1, -0.05) is 66.5 Å². The summed E-state index contributed by atoms with van der Waals surface area (Å²) in [6.45, 7) is 4.04. The first-order valence-corrected chi connectivity index (χ1v) is 6.36. The van der Waals surface area contributed by atoms with Crippen LogP contribution in [-0.2, 0) is 16.1 Å². The summed E-state index contributed by atoms with van der Waals surface area (Å²) in [6, 6.07) is 10.1. The van der Waals surface area contributed by atoms with E-state index in [-0.39, 0.29) is 0 Å². The van der Waals surface area contributed by atoms with Gasteiger partial charge >= 0.3 is 0 Å². The SMILES string of the molecule is C/C=C/C=C/COCC#CCOCc1ccccc1. The quantitative estimate of drug-likeness (QED) is 0.423. The van der Waals surface area contributed by atoms with Crippen molar-refractivity contribution in [1.82, 2.24) is 0 Å². The smallest absolute Gasteiger partial charge is 0.108 e. The average Bonchev–Trinajstić information content (AvgIpc) is 2.46. The molecule has 1 rings (SSSR count). The molecule has 0 aliphatic carbocycles. The molecule has 0 aliphatic heterocycles. The van der Waals surface area contributed by atoms with Gasteiger partial charge in [-0.25, -0.2) is 0 Å². The summed E-state index contributed by atoms with van der Waals surface area (Å²) in [4.78, 5) is 0. The molecule has 0 radical (unpaired) electrons. The van der Waals surface area contributed by atoms with E-state index < -0.39 is 0 Å². The van der Waals surface area contributed by atoms with Crippen molar-refractivity contribution in [2.75, 3.05) is 19.8 Å². The zero-order valence-corrected chi connectivity index (χ0v) is 11.3. The maximum Gasteiger partial charge on any atom is 0.108 e. The molecule has 0 spiro atoms. The van der Waals surface area contributed by atoms with E-state index in [1.807, 2.05) is 61.6 Å². The molecule has 0 amide bonds. The van der Waals surface area contributed by atoms with Gasteiger partial charge in [0.1, 0.15) is 13.2 Å². The van der Waals surface area contributed by atoms with Crippen molar-refractivity contribution in [1.29, 1.82) is 0 Å². The fraction of sp³-hybridized carbons (Fsp3) is 0.294. The zero-order chi connectivity index (χ0) is 13.6. The highest BCUT2D eigenvalue weighted by Crippen LogP contribution is 1.99. The predicted molar refractivity (Wildman–Crippen MR) is 78.6 cm³/mol. The van der Waals surface area contributed by atoms with Crippen LogP contribution in [0.4, 0.5) is 0 Å². The Labute approximate surface area is 115 Å². The van der Waals surface area contributed by atoms with Crippen molar-refractivity contribution >= 4 is 0 Å². The van der Waals surface area contributed by atoms with Crippen LogP contribution in [0.25, 0.3) is 0 Å². The van der Waals surface area contributed by atoms with E-state index in [4.69, 9.17) is 9.47 Å². The Morgan fingerprint density at radius 3 is 2.47 bits per heavy atom. The summed E-state index contributed by atoms with van der Waals surface area (Å²) < 4.78 is 10.7. The summed E-state index contributed by atoms with van der Waals surface area (Å²) in [5, 5.41) is 0. The van der Waals surface area contributed by atoms with Crippen molar-refractivity contribution in [2.45, 2.75) is 13.5 Å². The molecule has 0 aromatic heterocycles. The number of hydrogen-bond acceptors (Lipinski definition) is 2. The lowest BCUT2D eigenvalue weighted by atomic mass is 10.2. The zero-order valence-electron chi connectivity index (χ0n) is 11.3. The van der Waals surface area contributed by atoms with Crippen molar-refractivity contribution in [3.63, 3.8) is 0 Å². The minimum Gasteiger partial charge on any atom is -0.365 e. The first-order valence-electron chi connectivity index (χ1n) is 6.36. The molecule has 0 unspecified atom stereocenters. The first kappa shape index (κ1) is 15.2. The molecule has 100 valence electrons. The summed E-state index contributed by atoms with van der Waals surface area (Å²) in [5.74, 6) is 5.84. The van der Waals surface area contributed by atoms with E-state index in [0.29, 0.717) is 26.4 Å². The summed E-state index contributed by atoms with van der Waals surface area (Å²) >= 11 is 0. The van der Waals surface area contributed by atoms with E-state index >= 15 is 0 Å². The number of allylic oxidation sites excluding steroid dienone is 3. The first-order chi connectivity index (χ1) is 9.43. The van der Waals surface area contributed by atoms with Gasteiger partial charge in [-0.3, -0.25) is 0 Å². The molecule has 0 atom stereocenters. The van der Waals surface area contributed by atoms with Crippen LogP contribution in [0.3, 0.4) is 0 Å². The van der Waals surface area contributed by atoms with E-state index in [1.54, 1.807) is 0 Å². The van der Waals surface area contributed by atoms with Crippen LogP contribution in [0.2, 0.25) is 0 Å². The second-order valence-electron chi connectivity index (χ2n) is 3.80. The Morgan fingerprint density at radius 2 is 1.74 bits per heavy atom. The van der Waals surface area contributed by atoms with Crippen LogP contribution in [0, 0.1) is 11.8 Å². The molecule has 1 aromatic rings. The van der Waals surface area contributed by atoms with Gasteiger partial charge in [0.15, 0.2) is 0 Å². The highest BCUT2D eigenvalue weighted by Gasteiger charge is 1.88. The maximum atomic E-state index is 5.43.